The second-order valence-corrected chi connectivity index (χ2v) is 8.29. The van der Waals surface area contributed by atoms with E-state index in [-0.39, 0.29) is 11.6 Å². The number of hydrogen-bond donors (Lipinski definition) is 1. The molecule has 5 rings (SSSR count). The lowest BCUT2D eigenvalue weighted by molar-refractivity contribution is -0.384. The Kier molecular flexibility index (Phi) is 5.89. The number of amides is 1. The van der Waals surface area contributed by atoms with Crippen LogP contribution in [0.15, 0.2) is 54.6 Å². The molecule has 3 heterocycles. The molecule has 0 radical (unpaired) electrons. The number of rotatable bonds is 7. The SMILES string of the molecule is O=C1c2[nH]nc(-c3ccccc3)c2C(c2cccc([N+](=O)[O-])c2)N1CCCN1CCOCC1. The first-order valence-electron chi connectivity index (χ1n) is 11.1. The summed E-state index contributed by atoms with van der Waals surface area (Å²) in [5, 5.41) is 18.8. The van der Waals surface area contributed by atoms with Gasteiger partial charge in [-0.05, 0) is 12.0 Å². The van der Waals surface area contributed by atoms with E-state index in [4.69, 9.17) is 4.74 Å². The molecular weight excluding hydrogens is 422 g/mol. The third kappa shape index (κ3) is 4.12. The van der Waals surface area contributed by atoms with Crippen molar-refractivity contribution in [1.82, 2.24) is 20.0 Å². The molecule has 170 valence electrons. The Morgan fingerprint density at radius 3 is 2.64 bits per heavy atom. The molecule has 1 fully saturated rings. The van der Waals surface area contributed by atoms with E-state index in [1.165, 1.54) is 6.07 Å². The number of hydrogen-bond acceptors (Lipinski definition) is 6. The number of ether oxygens (including phenoxy) is 1. The van der Waals surface area contributed by atoms with E-state index < -0.39 is 11.0 Å². The third-order valence-electron chi connectivity index (χ3n) is 6.28. The highest BCUT2D eigenvalue weighted by molar-refractivity contribution is 6.00. The minimum atomic E-state index is -0.439. The number of nitro groups is 1. The van der Waals surface area contributed by atoms with Crippen LogP contribution in [0.2, 0.25) is 0 Å². The van der Waals surface area contributed by atoms with Crippen LogP contribution in [-0.2, 0) is 4.74 Å². The first-order chi connectivity index (χ1) is 16.1. The fourth-order valence-corrected chi connectivity index (χ4v) is 4.69. The highest BCUT2D eigenvalue weighted by Crippen LogP contribution is 2.43. The highest BCUT2D eigenvalue weighted by Gasteiger charge is 2.42. The van der Waals surface area contributed by atoms with Crippen LogP contribution in [0, 0.1) is 10.1 Å². The standard InChI is InChI=1S/C24H25N5O4/c30-24-22-20(21(25-26-22)17-6-2-1-3-7-17)23(18-8-4-9-19(16-18)29(31)32)28(24)11-5-10-27-12-14-33-15-13-27/h1-4,6-9,16,23H,5,10-15H2,(H,25,26). The summed E-state index contributed by atoms with van der Waals surface area (Å²) in [6.45, 7) is 4.66. The summed E-state index contributed by atoms with van der Waals surface area (Å²) in [5.41, 5.74) is 3.54. The second kappa shape index (κ2) is 9.13. The van der Waals surface area contributed by atoms with E-state index in [2.05, 4.69) is 15.1 Å². The molecule has 2 aromatic carbocycles. The van der Waals surface area contributed by atoms with Gasteiger partial charge < -0.3 is 9.64 Å². The predicted molar refractivity (Wildman–Crippen MR) is 122 cm³/mol. The van der Waals surface area contributed by atoms with Crippen LogP contribution in [0.1, 0.15) is 34.1 Å². The van der Waals surface area contributed by atoms with Crippen LogP contribution < -0.4 is 0 Å². The van der Waals surface area contributed by atoms with E-state index in [9.17, 15) is 14.9 Å². The molecule has 0 bridgehead atoms. The lowest BCUT2D eigenvalue weighted by Gasteiger charge is -2.29. The van der Waals surface area contributed by atoms with Crippen molar-refractivity contribution in [3.8, 4) is 11.3 Å². The zero-order chi connectivity index (χ0) is 22.8. The number of nitrogens with one attached hydrogen (secondary N) is 1. The summed E-state index contributed by atoms with van der Waals surface area (Å²) in [7, 11) is 0. The third-order valence-corrected chi connectivity index (χ3v) is 6.28. The smallest absolute Gasteiger partial charge is 0.273 e. The van der Waals surface area contributed by atoms with Gasteiger partial charge in [0.2, 0.25) is 0 Å². The van der Waals surface area contributed by atoms with E-state index >= 15 is 0 Å². The monoisotopic (exact) mass is 447 g/mol. The summed E-state index contributed by atoms with van der Waals surface area (Å²) in [5.74, 6) is -0.127. The molecule has 3 aromatic rings. The van der Waals surface area contributed by atoms with Gasteiger partial charge in [-0.1, -0.05) is 42.5 Å². The lowest BCUT2D eigenvalue weighted by Crippen LogP contribution is -2.38. The van der Waals surface area contributed by atoms with Gasteiger partial charge in [-0.25, -0.2) is 0 Å². The second-order valence-electron chi connectivity index (χ2n) is 8.29. The number of carbonyl (C=O) groups excluding carboxylic acids is 1. The van der Waals surface area contributed by atoms with Crippen molar-refractivity contribution in [3.05, 3.63) is 81.5 Å². The van der Waals surface area contributed by atoms with E-state index in [1.54, 1.807) is 12.1 Å². The molecule has 2 aliphatic rings. The number of carbonyl (C=O) groups is 1. The fourth-order valence-electron chi connectivity index (χ4n) is 4.69. The number of aromatic nitrogens is 2. The number of benzene rings is 2. The first-order valence-corrected chi connectivity index (χ1v) is 11.1. The van der Waals surface area contributed by atoms with Crippen molar-refractivity contribution in [2.24, 2.45) is 0 Å². The summed E-state index contributed by atoms with van der Waals surface area (Å²) < 4.78 is 5.42. The zero-order valence-electron chi connectivity index (χ0n) is 18.1. The molecule has 1 aromatic heterocycles. The molecule has 0 spiro atoms. The van der Waals surface area contributed by atoms with Crippen LogP contribution in [0.5, 0.6) is 0 Å². The maximum Gasteiger partial charge on any atom is 0.273 e. The van der Waals surface area contributed by atoms with Crippen molar-refractivity contribution in [2.75, 3.05) is 39.4 Å². The molecule has 1 unspecified atom stereocenters. The van der Waals surface area contributed by atoms with Crippen LogP contribution >= 0.6 is 0 Å². The van der Waals surface area contributed by atoms with Gasteiger partial charge in [0.25, 0.3) is 11.6 Å². The number of H-pyrrole nitrogens is 1. The summed E-state index contributed by atoms with van der Waals surface area (Å²) in [4.78, 5) is 28.6. The Morgan fingerprint density at radius 1 is 1.09 bits per heavy atom. The predicted octanol–water partition coefficient (Wildman–Crippen LogP) is 3.25. The normalized spacial score (nSPS) is 18.5. The minimum absolute atomic E-state index is 0.00595. The molecule has 9 nitrogen and oxygen atoms in total. The van der Waals surface area contributed by atoms with Crippen molar-refractivity contribution >= 4 is 11.6 Å². The van der Waals surface area contributed by atoms with Gasteiger partial charge in [0, 0.05) is 49.4 Å². The number of nitro benzene ring substituents is 1. The maximum absolute atomic E-state index is 13.4. The van der Waals surface area contributed by atoms with E-state index in [0.717, 1.165) is 50.4 Å². The average molecular weight is 447 g/mol. The maximum atomic E-state index is 13.4. The number of morpholine rings is 1. The molecule has 1 saturated heterocycles. The molecule has 9 heteroatoms. The van der Waals surface area contributed by atoms with Crippen LogP contribution in [0.3, 0.4) is 0 Å². The molecule has 1 atom stereocenters. The number of nitrogens with zero attached hydrogens (tertiary/aromatic N) is 4. The number of fused-ring (bicyclic) bond motifs is 1. The Hall–Kier alpha value is -3.56. The minimum Gasteiger partial charge on any atom is -0.379 e. The van der Waals surface area contributed by atoms with E-state index in [1.807, 2.05) is 41.3 Å². The van der Waals surface area contributed by atoms with Crippen LogP contribution in [-0.4, -0.2) is 70.2 Å². The molecular formula is C24H25N5O4. The molecule has 0 saturated carbocycles. The fraction of sp³-hybridized carbons (Fsp3) is 0.333. The number of non-ortho nitro benzene ring substituents is 1. The first kappa shape index (κ1) is 21.3. The molecule has 33 heavy (non-hydrogen) atoms. The Balaban J connectivity index is 1.49. The van der Waals surface area contributed by atoms with Crippen LogP contribution in [0.4, 0.5) is 5.69 Å². The van der Waals surface area contributed by atoms with Gasteiger partial charge in [-0.2, -0.15) is 5.10 Å². The zero-order valence-corrected chi connectivity index (χ0v) is 18.1. The molecule has 2 aliphatic heterocycles. The summed E-state index contributed by atoms with van der Waals surface area (Å²) in [6, 6.07) is 15.8. The quantitative estimate of drug-likeness (QED) is 0.440. The van der Waals surface area contributed by atoms with E-state index in [0.29, 0.717) is 23.5 Å². The summed E-state index contributed by atoms with van der Waals surface area (Å²) in [6.07, 6.45) is 0.801. The molecule has 0 aliphatic carbocycles. The van der Waals surface area contributed by atoms with Gasteiger partial charge >= 0.3 is 0 Å². The van der Waals surface area contributed by atoms with Crippen molar-refractivity contribution in [3.63, 3.8) is 0 Å². The Bertz CT molecular complexity index is 1160. The van der Waals surface area contributed by atoms with Crippen LogP contribution in [0.25, 0.3) is 11.3 Å². The van der Waals surface area contributed by atoms with Crippen molar-refractivity contribution in [2.45, 2.75) is 12.5 Å². The molecule has 1 N–H and O–H groups in total. The van der Waals surface area contributed by atoms with Crippen molar-refractivity contribution < 1.29 is 14.5 Å². The summed E-state index contributed by atoms with van der Waals surface area (Å²) >= 11 is 0. The van der Waals surface area contributed by atoms with Gasteiger partial charge in [-0.3, -0.25) is 24.9 Å². The van der Waals surface area contributed by atoms with Gasteiger partial charge in [-0.15, -0.1) is 0 Å². The largest absolute Gasteiger partial charge is 0.379 e. The number of aromatic amines is 1. The Labute approximate surface area is 191 Å². The van der Waals surface area contributed by atoms with Gasteiger partial charge in [0.15, 0.2) is 0 Å². The Morgan fingerprint density at radius 2 is 1.88 bits per heavy atom. The van der Waals surface area contributed by atoms with Gasteiger partial charge in [0.05, 0.1) is 29.9 Å². The van der Waals surface area contributed by atoms with Gasteiger partial charge in [0.1, 0.15) is 5.69 Å². The average Bonchev–Trinajstić information content (AvgIpc) is 3.39. The topological polar surface area (TPSA) is 105 Å². The van der Waals surface area contributed by atoms with Crippen molar-refractivity contribution in [1.29, 1.82) is 0 Å². The molecule has 1 amide bonds. The highest BCUT2D eigenvalue weighted by atomic mass is 16.6. The lowest BCUT2D eigenvalue weighted by atomic mass is 9.95.